The van der Waals surface area contributed by atoms with Gasteiger partial charge >= 0.3 is 0 Å². The molecule has 28 heavy (non-hydrogen) atoms. The van der Waals surface area contributed by atoms with E-state index in [0.29, 0.717) is 18.9 Å². The molecule has 0 unspecified atom stereocenters. The van der Waals surface area contributed by atoms with E-state index in [-0.39, 0.29) is 5.82 Å². The van der Waals surface area contributed by atoms with E-state index in [4.69, 9.17) is 4.74 Å². The maximum Gasteiger partial charge on any atom is 0.189 e. The first-order valence-corrected chi connectivity index (χ1v) is 9.06. The summed E-state index contributed by atoms with van der Waals surface area (Å²) in [6.45, 7) is 2.45. The highest BCUT2D eigenvalue weighted by molar-refractivity contribution is 5.50. The first-order chi connectivity index (χ1) is 13.7. The van der Waals surface area contributed by atoms with Crippen molar-refractivity contribution in [3.05, 3.63) is 65.5 Å². The molecule has 0 spiro atoms. The minimum atomic E-state index is -0.425. The van der Waals surface area contributed by atoms with Crippen LogP contribution >= 0.6 is 0 Å². The summed E-state index contributed by atoms with van der Waals surface area (Å²) in [5.74, 6) is 0.358. The van der Waals surface area contributed by atoms with Gasteiger partial charge in [-0.25, -0.2) is 28.5 Å². The zero-order valence-electron chi connectivity index (χ0n) is 15.7. The van der Waals surface area contributed by atoms with Crippen LogP contribution in [-0.2, 0) is 24.2 Å². The fourth-order valence-electron chi connectivity index (χ4n) is 3.19. The van der Waals surface area contributed by atoms with Crippen molar-refractivity contribution in [3.8, 4) is 5.82 Å². The van der Waals surface area contributed by atoms with Crippen LogP contribution < -0.4 is 0 Å². The van der Waals surface area contributed by atoms with E-state index < -0.39 is 5.82 Å². The number of rotatable bonds is 7. The summed E-state index contributed by atoms with van der Waals surface area (Å²) >= 11 is 0. The first kappa shape index (κ1) is 18.2. The Kier molecular flexibility index (Phi) is 5.07. The molecular weight excluding hydrogens is 361 g/mol. The molecule has 0 aliphatic heterocycles. The van der Waals surface area contributed by atoms with E-state index in [9.17, 15) is 4.39 Å². The molecular formula is C19H20FN7O. The van der Waals surface area contributed by atoms with Gasteiger partial charge in [0, 0.05) is 31.5 Å². The molecule has 4 aromatic rings. The van der Waals surface area contributed by atoms with Crippen LogP contribution in [0.1, 0.15) is 36.1 Å². The van der Waals surface area contributed by atoms with Gasteiger partial charge in [-0.2, -0.15) is 5.10 Å². The lowest BCUT2D eigenvalue weighted by Crippen LogP contribution is -2.10. The summed E-state index contributed by atoms with van der Waals surface area (Å²) in [5.41, 5.74) is 3.45. The second kappa shape index (κ2) is 7.81. The monoisotopic (exact) mass is 381 g/mol. The average molecular weight is 381 g/mol. The molecule has 0 bridgehead atoms. The summed E-state index contributed by atoms with van der Waals surface area (Å²) in [6, 6.07) is 4.77. The molecule has 0 fully saturated rings. The molecule has 4 rings (SSSR count). The van der Waals surface area contributed by atoms with Gasteiger partial charge in [0.05, 0.1) is 11.4 Å². The van der Waals surface area contributed by atoms with Crippen molar-refractivity contribution in [2.45, 2.75) is 32.8 Å². The average Bonchev–Trinajstić information content (AvgIpc) is 3.31. The van der Waals surface area contributed by atoms with Gasteiger partial charge in [0.25, 0.3) is 0 Å². The van der Waals surface area contributed by atoms with Crippen molar-refractivity contribution < 1.29 is 9.13 Å². The fourth-order valence-corrected chi connectivity index (χ4v) is 3.19. The Morgan fingerprint density at radius 2 is 2.07 bits per heavy atom. The fraction of sp³-hybridized carbons (Fsp3) is 0.316. The van der Waals surface area contributed by atoms with Gasteiger partial charge < -0.3 is 4.74 Å². The van der Waals surface area contributed by atoms with E-state index in [1.807, 2.05) is 6.07 Å². The smallest absolute Gasteiger partial charge is 0.189 e. The number of methoxy groups -OCH3 is 1. The third kappa shape index (κ3) is 3.36. The SMILES string of the molecule is CCCc1c(Cc2ccnn2-c2ncccc2F)ncn2nc(COC)nc12. The standard InChI is InChI=1S/C19H20FN7O/c1-3-5-14-16(22-12-26-18(14)24-17(25-26)11-28-2)10-13-7-9-23-27(13)19-15(20)6-4-8-21-19/h4,6-9,12H,3,5,10-11H2,1-2H3. The molecule has 0 aromatic carbocycles. The number of hydrogen-bond acceptors (Lipinski definition) is 6. The van der Waals surface area contributed by atoms with Gasteiger partial charge in [-0.3, -0.25) is 0 Å². The summed E-state index contributed by atoms with van der Waals surface area (Å²) < 4.78 is 22.5. The summed E-state index contributed by atoms with van der Waals surface area (Å²) in [5, 5.41) is 8.65. The highest BCUT2D eigenvalue weighted by Crippen LogP contribution is 2.20. The van der Waals surface area contributed by atoms with Crippen molar-refractivity contribution in [1.29, 1.82) is 0 Å². The lowest BCUT2D eigenvalue weighted by molar-refractivity contribution is 0.178. The normalized spacial score (nSPS) is 11.4. The van der Waals surface area contributed by atoms with E-state index >= 15 is 0 Å². The van der Waals surface area contributed by atoms with Crippen LogP contribution in [0.5, 0.6) is 0 Å². The van der Waals surface area contributed by atoms with Crippen molar-refractivity contribution in [2.75, 3.05) is 7.11 Å². The molecule has 0 saturated carbocycles. The van der Waals surface area contributed by atoms with Gasteiger partial charge in [-0.1, -0.05) is 13.3 Å². The Labute approximate surface area is 161 Å². The molecule has 0 aliphatic carbocycles. The predicted octanol–water partition coefficient (Wildman–Crippen LogP) is 2.53. The first-order valence-electron chi connectivity index (χ1n) is 9.06. The molecule has 0 aliphatic rings. The van der Waals surface area contributed by atoms with E-state index in [2.05, 4.69) is 32.1 Å². The molecule has 0 saturated heterocycles. The number of hydrogen-bond donors (Lipinski definition) is 0. The van der Waals surface area contributed by atoms with Crippen LogP contribution in [0.25, 0.3) is 11.5 Å². The summed E-state index contributed by atoms with van der Waals surface area (Å²) in [7, 11) is 1.61. The van der Waals surface area contributed by atoms with Gasteiger partial charge in [0.15, 0.2) is 23.1 Å². The molecule has 9 heteroatoms. The van der Waals surface area contributed by atoms with E-state index in [0.717, 1.165) is 35.4 Å². The second-order valence-corrected chi connectivity index (χ2v) is 6.37. The van der Waals surface area contributed by atoms with Gasteiger partial charge in [0.2, 0.25) is 0 Å². The predicted molar refractivity (Wildman–Crippen MR) is 99.6 cm³/mol. The lowest BCUT2D eigenvalue weighted by atomic mass is 10.1. The van der Waals surface area contributed by atoms with Crippen molar-refractivity contribution in [2.24, 2.45) is 0 Å². The van der Waals surface area contributed by atoms with Crippen molar-refractivity contribution in [1.82, 2.24) is 34.3 Å². The Hall–Kier alpha value is -3.20. The molecule has 4 aromatic heterocycles. The van der Waals surface area contributed by atoms with Crippen LogP contribution in [0.3, 0.4) is 0 Å². The molecule has 0 atom stereocenters. The number of aromatic nitrogens is 7. The number of pyridine rings is 1. The highest BCUT2D eigenvalue weighted by Gasteiger charge is 2.17. The van der Waals surface area contributed by atoms with Crippen LogP contribution in [0.2, 0.25) is 0 Å². The van der Waals surface area contributed by atoms with Crippen molar-refractivity contribution >= 4 is 5.65 Å². The molecule has 0 amide bonds. The third-order valence-electron chi connectivity index (χ3n) is 4.40. The quantitative estimate of drug-likeness (QED) is 0.489. The van der Waals surface area contributed by atoms with Gasteiger partial charge in [-0.15, -0.1) is 5.10 Å². The maximum atomic E-state index is 14.2. The molecule has 4 heterocycles. The number of aryl methyl sites for hydroxylation is 1. The minimum absolute atomic E-state index is 0.172. The summed E-state index contributed by atoms with van der Waals surface area (Å²) in [4.78, 5) is 13.3. The molecule has 0 radical (unpaired) electrons. The molecule has 8 nitrogen and oxygen atoms in total. The molecule has 144 valence electrons. The molecule has 0 N–H and O–H groups in total. The van der Waals surface area contributed by atoms with Crippen LogP contribution in [0, 0.1) is 5.82 Å². The Bertz CT molecular complexity index is 1100. The minimum Gasteiger partial charge on any atom is -0.377 e. The Morgan fingerprint density at radius 3 is 2.86 bits per heavy atom. The number of nitrogens with zero attached hydrogens (tertiary/aromatic N) is 7. The van der Waals surface area contributed by atoms with Gasteiger partial charge in [0.1, 0.15) is 12.9 Å². The number of fused-ring (bicyclic) bond motifs is 1. The largest absolute Gasteiger partial charge is 0.377 e. The number of halogens is 1. The summed E-state index contributed by atoms with van der Waals surface area (Å²) in [6.07, 6.45) is 7.06. The van der Waals surface area contributed by atoms with Crippen LogP contribution in [0.15, 0.2) is 36.9 Å². The zero-order valence-corrected chi connectivity index (χ0v) is 15.7. The zero-order chi connectivity index (χ0) is 19.5. The van der Waals surface area contributed by atoms with Crippen LogP contribution in [0.4, 0.5) is 4.39 Å². The van der Waals surface area contributed by atoms with Crippen molar-refractivity contribution in [3.63, 3.8) is 0 Å². The topological polar surface area (TPSA) is 83.0 Å². The Morgan fingerprint density at radius 1 is 1.18 bits per heavy atom. The van der Waals surface area contributed by atoms with Gasteiger partial charge in [-0.05, 0) is 24.6 Å². The highest BCUT2D eigenvalue weighted by atomic mass is 19.1. The maximum absolute atomic E-state index is 14.2. The lowest BCUT2D eigenvalue weighted by Gasteiger charge is -2.11. The second-order valence-electron chi connectivity index (χ2n) is 6.37. The van der Waals surface area contributed by atoms with Crippen LogP contribution in [-0.4, -0.2) is 41.5 Å². The number of ether oxygens (including phenoxy) is 1. The Balaban J connectivity index is 1.75. The third-order valence-corrected chi connectivity index (χ3v) is 4.40. The van der Waals surface area contributed by atoms with E-state index in [1.165, 1.54) is 10.7 Å². The van der Waals surface area contributed by atoms with E-state index in [1.54, 1.807) is 36.4 Å².